The highest BCUT2D eigenvalue weighted by Gasteiger charge is 2.13. The van der Waals surface area contributed by atoms with Gasteiger partial charge in [0.25, 0.3) is 6.64 Å². The molecule has 0 spiro atoms. The van der Waals surface area contributed by atoms with Gasteiger partial charge in [-0.25, -0.2) is 5.09 Å². The first-order valence-corrected chi connectivity index (χ1v) is 6.84. The molecule has 0 fully saturated rings. The Bertz CT molecular complexity index is 310. The number of benzene rings is 1. The monoisotopic (exact) mass is 231 g/mol. The maximum absolute atomic E-state index is 5.16. The number of hydrogen-bond donors (Lipinski definition) is 1. The zero-order chi connectivity index (χ0) is 10.4. The van der Waals surface area contributed by atoms with Gasteiger partial charge in [-0.15, -0.1) is 0 Å². The van der Waals surface area contributed by atoms with Crippen LogP contribution in [0.4, 0.5) is 0 Å². The van der Waals surface area contributed by atoms with Gasteiger partial charge in [0, 0.05) is 20.8 Å². The third kappa shape index (κ3) is 3.48. The summed E-state index contributed by atoms with van der Waals surface area (Å²) in [6.07, 6.45) is 0. The fourth-order valence-electron chi connectivity index (χ4n) is 0.988. The smallest absolute Gasteiger partial charge is 0.260 e. The van der Waals surface area contributed by atoms with Crippen LogP contribution < -0.4 is 5.09 Å². The molecule has 0 aromatic heterocycles. The molecule has 0 amide bonds. The van der Waals surface area contributed by atoms with E-state index in [4.69, 9.17) is 20.9 Å². The van der Waals surface area contributed by atoms with Crippen molar-refractivity contribution in [3.63, 3.8) is 0 Å². The van der Waals surface area contributed by atoms with Crippen LogP contribution in [-0.4, -0.2) is 14.2 Å². The van der Waals surface area contributed by atoms with Crippen molar-refractivity contribution in [2.45, 2.75) is 6.54 Å². The zero-order valence-electron chi connectivity index (χ0n) is 8.27. The van der Waals surface area contributed by atoms with Gasteiger partial charge in [-0.1, -0.05) is 30.3 Å². The molecule has 0 unspecified atom stereocenters. The molecule has 0 saturated carbocycles. The summed E-state index contributed by atoms with van der Waals surface area (Å²) in [5.74, 6) is 0. The molecule has 1 aromatic carbocycles. The van der Waals surface area contributed by atoms with Crippen LogP contribution in [0.15, 0.2) is 30.3 Å². The van der Waals surface area contributed by atoms with Gasteiger partial charge >= 0.3 is 0 Å². The lowest BCUT2D eigenvalue weighted by molar-refractivity contribution is 0.326. The van der Waals surface area contributed by atoms with Crippen LogP contribution in [0.3, 0.4) is 0 Å². The molecule has 0 aliphatic carbocycles. The molecule has 14 heavy (non-hydrogen) atoms. The molecule has 0 aliphatic heterocycles. The molecule has 0 heterocycles. The average molecular weight is 231 g/mol. The SMILES string of the molecule is COP(=S)(NCc1ccccc1)OC. The van der Waals surface area contributed by atoms with Gasteiger partial charge in [0.1, 0.15) is 0 Å². The third-order valence-corrected chi connectivity index (χ3v) is 4.59. The summed E-state index contributed by atoms with van der Waals surface area (Å²) in [6, 6.07) is 10.0. The van der Waals surface area contributed by atoms with Crippen LogP contribution in [0.25, 0.3) is 0 Å². The summed E-state index contributed by atoms with van der Waals surface area (Å²) >= 11 is 5.16. The molecule has 0 aliphatic rings. The second-order valence-corrected chi connectivity index (χ2v) is 6.17. The lowest BCUT2D eigenvalue weighted by Gasteiger charge is -2.18. The molecule has 1 aromatic rings. The van der Waals surface area contributed by atoms with Crippen LogP contribution in [0.5, 0.6) is 0 Å². The van der Waals surface area contributed by atoms with Crippen LogP contribution in [-0.2, 0) is 27.4 Å². The second kappa shape index (κ2) is 5.59. The maximum atomic E-state index is 5.16. The highest BCUT2D eigenvalue weighted by Crippen LogP contribution is 2.41. The highest BCUT2D eigenvalue weighted by atomic mass is 32.5. The quantitative estimate of drug-likeness (QED) is 0.788. The zero-order valence-corrected chi connectivity index (χ0v) is 9.98. The van der Waals surface area contributed by atoms with Crippen LogP contribution >= 0.6 is 6.64 Å². The molecule has 3 nitrogen and oxygen atoms in total. The first-order chi connectivity index (χ1) is 6.70. The van der Waals surface area contributed by atoms with Crippen molar-refractivity contribution in [1.29, 1.82) is 0 Å². The maximum Gasteiger partial charge on any atom is 0.260 e. The molecule has 0 bridgehead atoms. The van der Waals surface area contributed by atoms with Gasteiger partial charge in [0.05, 0.1) is 0 Å². The van der Waals surface area contributed by atoms with E-state index in [0.717, 1.165) is 5.56 Å². The van der Waals surface area contributed by atoms with E-state index in [1.165, 1.54) is 0 Å². The molecule has 0 saturated heterocycles. The van der Waals surface area contributed by atoms with Crippen molar-refractivity contribution in [3.05, 3.63) is 35.9 Å². The first kappa shape index (κ1) is 11.8. The fourth-order valence-corrected chi connectivity index (χ4v) is 1.96. The molecule has 1 N–H and O–H groups in total. The van der Waals surface area contributed by atoms with Crippen molar-refractivity contribution in [1.82, 2.24) is 5.09 Å². The summed E-state index contributed by atoms with van der Waals surface area (Å²) in [4.78, 5) is 0. The number of hydrogen-bond acceptors (Lipinski definition) is 3. The number of nitrogens with one attached hydrogen (secondary N) is 1. The van der Waals surface area contributed by atoms with E-state index in [1.54, 1.807) is 14.2 Å². The Morgan fingerprint density at radius 1 is 1.21 bits per heavy atom. The van der Waals surface area contributed by atoms with Gasteiger partial charge in [-0.2, -0.15) is 0 Å². The van der Waals surface area contributed by atoms with Crippen molar-refractivity contribution < 1.29 is 9.05 Å². The van der Waals surface area contributed by atoms with Gasteiger partial charge in [-0.05, 0) is 17.4 Å². The minimum absolute atomic E-state index is 0.666. The van der Waals surface area contributed by atoms with Crippen molar-refractivity contribution in [2.24, 2.45) is 0 Å². The molecular weight excluding hydrogens is 217 g/mol. The summed E-state index contributed by atoms with van der Waals surface area (Å²) in [5, 5.41) is 3.09. The third-order valence-electron chi connectivity index (χ3n) is 1.80. The Balaban J connectivity index is 2.52. The van der Waals surface area contributed by atoms with E-state index in [9.17, 15) is 0 Å². The molecule has 1 rings (SSSR count). The molecule has 78 valence electrons. The lowest BCUT2D eigenvalue weighted by atomic mass is 10.2. The normalized spacial score (nSPS) is 11.6. The van der Waals surface area contributed by atoms with Crippen molar-refractivity contribution in [3.8, 4) is 0 Å². The molecule has 5 heteroatoms. The lowest BCUT2D eigenvalue weighted by Crippen LogP contribution is -2.11. The van der Waals surface area contributed by atoms with Crippen LogP contribution in [0.1, 0.15) is 5.56 Å². The largest absolute Gasteiger partial charge is 0.321 e. The van der Waals surface area contributed by atoms with E-state index in [2.05, 4.69) is 5.09 Å². The Hall–Kier alpha value is -0.250. The molecular formula is C9H14NO2PS. The van der Waals surface area contributed by atoms with E-state index in [0.29, 0.717) is 6.54 Å². The minimum atomic E-state index is -2.26. The first-order valence-electron chi connectivity index (χ1n) is 4.21. The van der Waals surface area contributed by atoms with Crippen molar-refractivity contribution in [2.75, 3.05) is 14.2 Å². The van der Waals surface area contributed by atoms with Gasteiger partial charge < -0.3 is 9.05 Å². The Labute approximate surface area is 89.7 Å². The summed E-state index contributed by atoms with van der Waals surface area (Å²) < 4.78 is 10.2. The van der Waals surface area contributed by atoms with E-state index < -0.39 is 6.64 Å². The van der Waals surface area contributed by atoms with Gasteiger partial charge in [-0.3, -0.25) is 0 Å². The predicted octanol–water partition coefficient (Wildman–Crippen LogP) is 2.29. The van der Waals surface area contributed by atoms with Crippen LogP contribution in [0, 0.1) is 0 Å². The average Bonchev–Trinajstić information content (AvgIpc) is 2.27. The molecule has 0 radical (unpaired) electrons. The second-order valence-electron chi connectivity index (χ2n) is 2.68. The summed E-state index contributed by atoms with van der Waals surface area (Å²) in [5.41, 5.74) is 1.16. The van der Waals surface area contributed by atoms with Crippen molar-refractivity contribution >= 4 is 18.4 Å². The van der Waals surface area contributed by atoms with Gasteiger partial charge in [0.15, 0.2) is 0 Å². The topological polar surface area (TPSA) is 30.5 Å². The Morgan fingerprint density at radius 3 is 2.29 bits per heavy atom. The van der Waals surface area contributed by atoms with Gasteiger partial charge in [0.2, 0.25) is 0 Å². The minimum Gasteiger partial charge on any atom is -0.321 e. The number of rotatable bonds is 5. The Morgan fingerprint density at radius 2 is 1.79 bits per heavy atom. The van der Waals surface area contributed by atoms with E-state index >= 15 is 0 Å². The molecule has 0 atom stereocenters. The highest BCUT2D eigenvalue weighted by molar-refractivity contribution is 8.08. The van der Waals surface area contributed by atoms with Crippen LogP contribution in [0.2, 0.25) is 0 Å². The predicted molar refractivity (Wildman–Crippen MR) is 61.6 cm³/mol. The van der Waals surface area contributed by atoms with E-state index in [-0.39, 0.29) is 0 Å². The van der Waals surface area contributed by atoms with E-state index in [1.807, 2.05) is 30.3 Å². The fraction of sp³-hybridized carbons (Fsp3) is 0.333. The standard InChI is InChI=1S/C9H14NO2PS/c1-11-13(14,12-2)10-8-9-6-4-3-5-7-9/h3-7H,8H2,1-2H3,(H,10,14). The summed E-state index contributed by atoms with van der Waals surface area (Å²) in [6.45, 7) is -1.60. The Kier molecular flexibility index (Phi) is 4.72. The summed E-state index contributed by atoms with van der Waals surface area (Å²) in [7, 11) is 3.12.